The van der Waals surface area contributed by atoms with Crippen LogP contribution in [0, 0.1) is 6.92 Å². The average molecular weight is 382 g/mol. The number of imidazole rings is 1. The van der Waals surface area contributed by atoms with Crippen molar-refractivity contribution >= 4 is 43.3 Å². The Labute approximate surface area is 126 Å². The lowest BCUT2D eigenvalue weighted by Crippen LogP contribution is -1.95. The summed E-state index contributed by atoms with van der Waals surface area (Å²) < 4.78 is 3.76. The number of nitrogen functional groups attached to an aromatic ring is 1. The average Bonchev–Trinajstić information content (AvgIpc) is 2.68. The van der Waals surface area contributed by atoms with Crippen LogP contribution in [0.1, 0.15) is 5.56 Å². The van der Waals surface area contributed by atoms with E-state index >= 15 is 0 Å². The molecular formula is C13H10Br2N4. The van der Waals surface area contributed by atoms with E-state index < -0.39 is 0 Å². The molecule has 0 aliphatic rings. The van der Waals surface area contributed by atoms with Crippen molar-refractivity contribution in [2.24, 2.45) is 0 Å². The first-order valence-electron chi connectivity index (χ1n) is 5.61. The second kappa shape index (κ2) is 4.61. The number of rotatable bonds is 1. The number of pyridine rings is 2. The van der Waals surface area contributed by atoms with Crippen molar-refractivity contribution in [1.29, 1.82) is 0 Å². The lowest BCUT2D eigenvalue weighted by molar-refractivity contribution is 1.16. The van der Waals surface area contributed by atoms with Gasteiger partial charge >= 0.3 is 0 Å². The molecule has 96 valence electrons. The van der Waals surface area contributed by atoms with Crippen LogP contribution in [0.25, 0.3) is 16.9 Å². The zero-order valence-corrected chi connectivity index (χ0v) is 13.2. The molecule has 6 heteroatoms. The number of nitrogens with two attached hydrogens (primary N) is 1. The van der Waals surface area contributed by atoms with Crippen LogP contribution in [0.4, 0.5) is 5.82 Å². The van der Waals surface area contributed by atoms with E-state index in [1.165, 1.54) is 0 Å². The fourth-order valence-corrected chi connectivity index (χ4v) is 2.95. The van der Waals surface area contributed by atoms with Crippen LogP contribution in [0.3, 0.4) is 0 Å². The van der Waals surface area contributed by atoms with Gasteiger partial charge < -0.3 is 5.73 Å². The molecular weight excluding hydrogens is 372 g/mol. The van der Waals surface area contributed by atoms with Crippen LogP contribution in [0.15, 0.2) is 39.7 Å². The maximum atomic E-state index is 6.20. The van der Waals surface area contributed by atoms with Crippen LogP contribution in [0.5, 0.6) is 0 Å². The molecule has 0 aliphatic carbocycles. The van der Waals surface area contributed by atoms with E-state index in [0.717, 1.165) is 31.4 Å². The largest absolute Gasteiger partial charge is 0.383 e. The highest BCUT2D eigenvalue weighted by atomic mass is 79.9. The van der Waals surface area contributed by atoms with Gasteiger partial charge in [0.2, 0.25) is 0 Å². The Hall–Kier alpha value is -1.40. The summed E-state index contributed by atoms with van der Waals surface area (Å²) >= 11 is 6.88. The van der Waals surface area contributed by atoms with Gasteiger partial charge in [-0.25, -0.2) is 4.98 Å². The van der Waals surface area contributed by atoms with Crippen molar-refractivity contribution in [3.05, 3.63) is 45.2 Å². The molecule has 0 saturated carbocycles. The molecule has 0 spiro atoms. The number of hydrogen-bond donors (Lipinski definition) is 1. The molecule has 0 fully saturated rings. The van der Waals surface area contributed by atoms with Gasteiger partial charge in [-0.15, -0.1) is 0 Å². The van der Waals surface area contributed by atoms with Gasteiger partial charge in [0.05, 0.1) is 0 Å². The quantitative estimate of drug-likeness (QED) is 0.697. The van der Waals surface area contributed by atoms with E-state index in [2.05, 4.69) is 41.8 Å². The molecule has 0 aromatic carbocycles. The van der Waals surface area contributed by atoms with Gasteiger partial charge in [-0.3, -0.25) is 9.38 Å². The highest BCUT2D eigenvalue weighted by molar-refractivity contribution is 9.10. The fourth-order valence-electron chi connectivity index (χ4n) is 2.04. The Kier molecular flexibility index (Phi) is 3.06. The Morgan fingerprint density at radius 1 is 1.16 bits per heavy atom. The summed E-state index contributed by atoms with van der Waals surface area (Å²) in [4.78, 5) is 8.77. The third-order valence-electron chi connectivity index (χ3n) is 2.89. The topological polar surface area (TPSA) is 56.2 Å². The van der Waals surface area contributed by atoms with Crippen LogP contribution in [0.2, 0.25) is 0 Å². The van der Waals surface area contributed by atoms with Gasteiger partial charge in [-0.1, -0.05) is 0 Å². The molecule has 3 aromatic heterocycles. The Morgan fingerprint density at radius 2 is 1.95 bits per heavy atom. The Balaban J connectivity index is 2.31. The number of hydrogen-bond acceptors (Lipinski definition) is 3. The van der Waals surface area contributed by atoms with Crippen molar-refractivity contribution in [1.82, 2.24) is 14.4 Å². The molecule has 0 bridgehead atoms. The SMILES string of the molecule is Cc1cc(Br)cn2c(N)c(-c3cncc(Br)c3)nc12. The summed E-state index contributed by atoms with van der Waals surface area (Å²) in [6.07, 6.45) is 5.41. The van der Waals surface area contributed by atoms with Crippen molar-refractivity contribution in [2.75, 3.05) is 5.73 Å². The number of nitrogens with zero attached hydrogens (tertiary/aromatic N) is 3. The molecule has 19 heavy (non-hydrogen) atoms. The van der Waals surface area contributed by atoms with E-state index in [-0.39, 0.29) is 0 Å². The number of aromatic nitrogens is 3. The molecule has 0 saturated heterocycles. The minimum Gasteiger partial charge on any atom is -0.383 e. The van der Waals surface area contributed by atoms with Gasteiger partial charge in [0, 0.05) is 33.1 Å². The highest BCUT2D eigenvalue weighted by Crippen LogP contribution is 2.29. The molecule has 0 unspecified atom stereocenters. The number of fused-ring (bicyclic) bond motifs is 1. The minimum absolute atomic E-state index is 0.610. The third-order valence-corrected chi connectivity index (χ3v) is 3.75. The molecule has 0 aliphatic heterocycles. The highest BCUT2D eigenvalue weighted by Gasteiger charge is 2.13. The summed E-state index contributed by atoms with van der Waals surface area (Å²) in [6, 6.07) is 3.97. The zero-order valence-electron chi connectivity index (χ0n) is 10.1. The van der Waals surface area contributed by atoms with E-state index in [1.807, 2.05) is 29.7 Å². The molecule has 3 aromatic rings. The molecule has 4 nitrogen and oxygen atoms in total. The van der Waals surface area contributed by atoms with Gasteiger partial charge in [0.1, 0.15) is 17.2 Å². The molecule has 0 atom stereocenters. The predicted molar refractivity (Wildman–Crippen MR) is 83.0 cm³/mol. The molecule has 3 heterocycles. The Bertz CT molecular complexity index is 780. The molecule has 2 N–H and O–H groups in total. The van der Waals surface area contributed by atoms with E-state index in [4.69, 9.17) is 5.73 Å². The van der Waals surface area contributed by atoms with E-state index in [0.29, 0.717) is 5.82 Å². The van der Waals surface area contributed by atoms with Crippen LogP contribution in [-0.2, 0) is 0 Å². The summed E-state index contributed by atoms with van der Waals surface area (Å²) in [7, 11) is 0. The fraction of sp³-hybridized carbons (Fsp3) is 0.0769. The monoisotopic (exact) mass is 380 g/mol. The van der Waals surface area contributed by atoms with Crippen molar-refractivity contribution in [3.8, 4) is 11.3 Å². The predicted octanol–water partition coefficient (Wildman–Crippen LogP) is 3.81. The molecule has 0 amide bonds. The lowest BCUT2D eigenvalue weighted by Gasteiger charge is -2.01. The van der Waals surface area contributed by atoms with Crippen molar-refractivity contribution in [2.45, 2.75) is 6.92 Å². The van der Waals surface area contributed by atoms with Crippen LogP contribution >= 0.6 is 31.9 Å². The van der Waals surface area contributed by atoms with Crippen molar-refractivity contribution < 1.29 is 0 Å². The number of anilines is 1. The maximum absolute atomic E-state index is 6.20. The second-order valence-corrected chi connectivity index (χ2v) is 6.10. The van der Waals surface area contributed by atoms with Gasteiger partial charge in [0.15, 0.2) is 0 Å². The molecule has 3 rings (SSSR count). The summed E-state index contributed by atoms with van der Waals surface area (Å²) in [5.74, 6) is 0.610. The van der Waals surface area contributed by atoms with Crippen molar-refractivity contribution in [3.63, 3.8) is 0 Å². The number of aryl methyl sites for hydroxylation is 1. The summed E-state index contributed by atoms with van der Waals surface area (Å²) in [5.41, 5.74) is 9.76. The minimum atomic E-state index is 0.610. The standard InChI is InChI=1S/C13H10Br2N4/c1-7-2-10(15)6-19-12(16)11(18-13(7)19)8-3-9(14)5-17-4-8/h2-6H,16H2,1H3. The maximum Gasteiger partial charge on any atom is 0.142 e. The molecule has 0 radical (unpaired) electrons. The first kappa shape index (κ1) is 12.6. The normalized spacial score (nSPS) is 11.1. The Morgan fingerprint density at radius 3 is 2.68 bits per heavy atom. The first-order valence-corrected chi connectivity index (χ1v) is 7.19. The van der Waals surface area contributed by atoms with Gasteiger partial charge in [-0.2, -0.15) is 0 Å². The smallest absolute Gasteiger partial charge is 0.142 e. The second-order valence-electron chi connectivity index (χ2n) is 4.27. The van der Waals surface area contributed by atoms with Gasteiger partial charge in [-0.05, 0) is 56.5 Å². The van der Waals surface area contributed by atoms with Crippen LogP contribution < -0.4 is 5.73 Å². The van der Waals surface area contributed by atoms with E-state index in [1.54, 1.807) is 12.4 Å². The summed E-state index contributed by atoms with van der Waals surface area (Å²) in [5, 5.41) is 0. The number of halogens is 2. The lowest BCUT2D eigenvalue weighted by atomic mass is 10.2. The third kappa shape index (κ3) is 2.15. The van der Waals surface area contributed by atoms with E-state index in [9.17, 15) is 0 Å². The zero-order chi connectivity index (χ0) is 13.6. The van der Waals surface area contributed by atoms with Gasteiger partial charge in [0.25, 0.3) is 0 Å². The summed E-state index contributed by atoms with van der Waals surface area (Å²) in [6.45, 7) is 2.01. The van der Waals surface area contributed by atoms with Crippen LogP contribution in [-0.4, -0.2) is 14.4 Å². The first-order chi connectivity index (χ1) is 9.06.